The minimum absolute atomic E-state index is 0.709. The van der Waals surface area contributed by atoms with Crippen molar-refractivity contribution in [3.8, 4) is 0 Å². The van der Waals surface area contributed by atoms with E-state index in [1.165, 1.54) is 58.5 Å². The maximum absolute atomic E-state index is 3.71. The molecule has 3 atom stereocenters. The second-order valence-corrected chi connectivity index (χ2v) is 6.13. The van der Waals surface area contributed by atoms with Gasteiger partial charge in [-0.1, -0.05) is 27.2 Å². The lowest BCUT2D eigenvalue weighted by atomic mass is 9.95. The summed E-state index contributed by atoms with van der Waals surface area (Å²) in [6, 6.07) is 1.52. The molecule has 2 aliphatic rings. The number of nitrogens with one attached hydrogen (secondary N) is 1. The Hall–Kier alpha value is -0.120. The van der Waals surface area contributed by atoms with Gasteiger partial charge in [0.15, 0.2) is 0 Å². The van der Waals surface area contributed by atoms with Crippen LogP contribution in [0.15, 0.2) is 0 Å². The molecule has 2 saturated heterocycles. The zero-order chi connectivity index (χ0) is 13.0. The van der Waals surface area contributed by atoms with E-state index in [9.17, 15) is 0 Å². The van der Waals surface area contributed by atoms with Gasteiger partial charge in [0.25, 0.3) is 0 Å². The van der Waals surface area contributed by atoms with E-state index >= 15 is 0 Å². The van der Waals surface area contributed by atoms with Gasteiger partial charge in [0.1, 0.15) is 0 Å². The highest BCUT2D eigenvalue weighted by Gasteiger charge is 2.30. The highest BCUT2D eigenvalue weighted by Crippen LogP contribution is 2.19. The lowest BCUT2D eigenvalue weighted by Gasteiger charge is -2.44. The van der Waals surface area contributed by atoms with Crippen molar-refractivity contribution in [2.75, 3.05) is 39.3 Å². The van der Waals surface area contributed by atoms with Crippen molar-refractivity contribution in [1.82, 2.24) is 15.1 Å². The van der Waals surface area contributed by atoms with Crippen molar-refractivity contribution in [3.05, 3.63) is 0 Å². The Labute approximate surface area is 113 Å². The molecule has 0 amide bonds. The van der Waals surface area contributed by atoms with E-state index in [4.69, 9.17) is 0 Å². The SMILES string of the molecule is CCC(C)C1CN(C2CCCN(CC)C2)CCN1. The summed E-state index contributed by atoms with van der Waals surface area (Å²) in [7, 11) is 0. The molecule has 0 spiro atoms. The van der Waals surface area contributed by atoms with E-state index in [2.05, 4.69) is 35.9 Å². The van der Waals surface area contributed by atoms with E-state index in [-0.39, 0.29) is 0 Å². The van der Waals surface area contributed by atoms with Crippen molar-refractivity contribution in [1.29, 1.82) is 0 Å². The van der Waals surface area contributed by atoms with Gasteiger partial charge < -0.3 is 10.2 Å². The Kier molecular flexibility index (Phi) is 5.46. The molecule has 2 heterocycles. The molecule has 0 aliphatic carbocycles. The summed E-state index contributed by atoms with van der Waals surface area (Å²) >= 11 is 0. The summed E-state index contributed by atoms with van der Waals surface area (Å²) in [6.45, 7) is 14.5. The molecule has 18 heavy (non-hydrogen) atoms. The maximum atomic E-state index is 3.71. The standard InChI is InChI=1S/C15H31N3/c1-4-13(3)15-12-18(10-8-16-15)14-7-6-9-17(5-2)11-14/h13-16H,4-12H2,1-3H3. The third-order valence-corrected chi connectivity index (χ3v) is 5.01. The number of likely N-dealkylation sites (N-methyl/N-ethyl adjacent to an activating group) is 1. The van der Waals surface area contributed by atoms with Crippen LogP contribution in [0.25, 0.3) is 0 Å². The van der Waals surface area contributed by atoms with Crippen molar-refractivity contribution in [2.24, 2.45) is 5.92 Å². The molecule has 0 aromatic carbocycles. The summed E-state index contributed by atoms with van der Waals surface area (Å²) < 4.78 is 0. The minimum atomic E-state index is 0.709. The van der Waals surface area contributed by atoms with Crippen LogP contribution in [0, 0.1) is 5.92 Å². The third-order valence-electron chi connectivity index (χ3n) is 5.01. The molecule has 1 N–H and O–H groups in total. The number of hydrogen-bond acceptors (Lipinski definition) is 3. The molecule has 0 aromatic heterocycles. The Morgan fingerprint density at radius 2 is 2.06 bits per heavy atom. The zero-order valence-electron chi connectivity index (χ0n) is 12.5. The van der Waals surface area contributed by atoms with Crippen molar-refractivity contribution in [2.45, 2.75) is 52.1 Å². The first kappa shape index (κ1) is 14.3. The van der Waals surface area contributed by atoms with E-state index in [0.717, 1.165) is 12.0 Å². The van der Waals surface area contributed by atoms with Crippen LogP contribution in [-0.2, 0) is 0 Å². The van der Waals surface area contributed by atoms with Gasteiger partial charge in [0.05, 0.1) is 0 Å². The zero-order valence-corrected chi connectivity index (χ0v) is 12.5. The van der Waals surface area contributed by atoms with E-state index in [0.29, 0.717) is 6.04 Å². The van der Waals surface area contributed by atoms with Crippen LogP contribution >= 0.6 is 0 Å². The molecule has 106 valence electrons. The highest BCUT2D eigenvalue weighted by atomic mass is 15.3. The first-order valence-corrected chi connectivity index (χ1v) is 7.94. The van der Waals surface area contributed by atoms with Gasteiger partial charge in [-0.25, -0.2) is 0 Å². The predicted molar refractivity (Wildman–Crippen MR) is 78.0 cm³/mol. The van der Waals surface area contributed by atoms with Crippen LogP contribution < -0.4 is 5.32 Å². The average Bonchev–Trinajstić information content (AvgIpc) is 2.46. The summed E-state index contributed by atoms with van der Waals surface area (Å²) in [5.74, 6) is 0.804. The Bertz CT molecular complexity index is 242. The van der Waals surface area contributed by atoms with Crippen LogP contribution in [0.3, 0.4) is 0 Å². The van der Waals surface area contributed by atoms with Crippen molar-refractivity contribution < 1.29 is 0 Å². The van der Waals surface area contributed by atoms with Gasteiger partial charge in [-0.15, -0.1) is 0 Å². The highest BCUT2D eigenvalue weighted by molar-refractivity contribution is 4.88. The quantitative estimate of drug-likeness (QED) is 0.824. The van der Waals surface area contributed by atoms with Crippen LogP contribution in [0.1, 0.15) is 40.0 Å². The molecular formula is C15H31N3. The lowest BCUT2D eigenvalue weighted by Crippen LogP contribution is -2.58. The van der Waals surface area contributed by atoms with Gasteiger partial charge >= 0.3 is 0 Å². The fourth-order valence-corrected chi connectivity index (χ4v) is 3.42. The third kappa shape index (κ3) is 3.46. The molecule has 0 saturated carbocycles. The van der Waals surface area contributed by atoms with Gasteiger partial charge in [-0.2, -0.15) is 0 Å². The number of piperidine rings is 1. The van der Waals surface area contributed by atoms with Gasteiger partial charge in [0, 0.05) is 38.3 Å². The summed E-state index contributed by atoms with van der Waals surface area (Å²) in [5, 5.41) is 3.71. The molecule has 2 rings (SSSR count). The van der Waals surface area contributed by atoms with Gasteiger partial charge in [0.2, 0.25) is 0 Å². The van der Waals surface area contributed by atoms with Crippen LogP contribution in [0.5, 0.6) is 0 Å². The van der Waals surface area contributed by atoms with Crippen molar-refractivity contribution in [3.63, 3.8) is 0 Å². The topological polar surface area (TPSA) is 18.5 Å². The number of piperazine rings is 1. The number of hydrogen-bond donors (Lipinski definition) is 1. The van der Waals surface area contributed by atoms with Crippen molar-refractivity contribution >= 4 is 0 Å². The van der Waals surface area contributed by atoms with E-state index in [1.807, 2.05) is 0 Å². The average molecular weight is 253 g/mol. The minimum Gasteiger partial charge on any atom is -0.311 e. The fraction of sp³-hybridized carbons (Fsp3) is 1.00. The largest absolute Gasteiger partial charge is 0.311 e. The molecule has 0 radical (unpaired) electrons. The van der Waals surface area contributed by atoms with Crippen LogP contribution in [0.4, 0.5) is 0 Å². The summed E-state index contributed by atoms with van der Waals surface area (Å²) in [6.07, 6.45) is 4.08. The molecule has 2 aliphatic heterocycles. The Balaban J connectivity index is 1.87. The number of nitrogens with zero attached hydrogens (tertiary/aromatic N) is 2. The monoisotopic (exact) mass is 253 g/mol. The van der Waals surface area contributed by atoms with Gasteiger partial charge in [-0.3, -0.25) is 4.90 Å². The van der Waals surface area contributed by atoms with E-state index in [1.54, 1.807) is 0 Å². The molecular weight excluding hydrogens is 222 g/mol. The predicted octanol–water partition coefficient (Wildman–Crippen LogP) is 1.79. The molecule has 3 heteroatoms. The molecule has 0 aromatic rings. The molecule has 2 fully saturated rings. The molecule has 0 bridgehead atoms. The fourth-order valence-electron chi connectivity index (χ4n) is 3.42. The second kappa shape index (κ2) is 6.88. The maximum Gasteiger partial charge on any atom is 0.0224 e. The first-order valence-electron chi connectivity index (χ1n) is 7.94. The first-order chi connectivity index (χ1) is 8.74. The van der Waals surface area contributed by atoms with Crippen LogP contribution in [0.2, 0.25) is 0 Å². The lowest BCUT2D eigenvalue weighted by molar-refractivity contribution is 0.0669. The number of likely N-dealkylation sites (tertiary alicyclic amines) is 1. The van der Waals surface area contributed by atoms with Gasteiger partial charge in [-0.05, 0) is 31.8 Å². The Morgan fingerprint density at radius 3 is 2.78 bits per heavy atom. The molecule has 3 nitrogen and oxygen atoms in total. The number of rotatable bonds is 4. The normalized spacial score (nSPS) is 33.5. The van der Waals surface area contributed by atoms with Crippen LogP contribution in [-0.4, -0.2) is 61.2 Å². The molecule has 3 unspecified atom stereocenters. The second-order valence-electron chi connectivity index (χ2n) is 6.13. The van der Waals surface area contributed by atoms with E-state index < -0.39 is 0 Å². The Morgan fingerprint density at radius 1 is 1.22 bits per heavy atom. The summed E-state index contributed by atoms with van der Waals surface area (Å²) in [5.41, 5.74) is 0. The summed E-state index contributed by atoms with van der Waals surface area (Å²) in [4.78, 5) is 5.38. The smallest absolute Gasteiger partial charge is 0.0224 e.